The molecule has 1 aromatic heterocycles. The van der Waals surface area contributed by atoms with E-state index in [0.29, 0.717) is 50.2 Å². The number of benzene rings is 1. The molecule has 2 saturated heterocycles. The zero-order valence-corrected chi connectivity index (χ0v) is 13.7. The van der Waals surface area contributed by atoms with E-state index < -0.39 is 16.9 Å². The third-order valence-electron chi connectivity index (χ3n) is 4.87. The highest BCUT2D eigenvalue weighted by atomic mass is 16.7. The molecule has 0 atom stereocenters. The highest BCUT2D eigenvalue weighted by molar-refractivity contribution is 5.80. The molecule has 0 unspecified atom stereocenters. The fraction of sp³-hybridized carbons (Fsp3) is 0.471. The van der Waals surface area contributed by atoms with Gasteiger partial charge in [-0.1, -0.05) is 12.1 Å². The van der Waals surface area contributed by atoms with Crippen molar-refractivity contribution in [1.82, 2.24) is 14.5 Å². The molecule has 2 fully saturated rings. The first-order valence-corrected chi connectivity index (χ1v) is 8.36. The molecule has 2 aliphatic heterocycles. The van der Waals surface area contributed by atoms with Crippen LogP contribution in [0.3, 0.4) is 0 Å². The van der Waals surface area contributed by atoms with Gasteiger partial charge in [-0.3, -0.25) is 19.0 Å². The summed E-state index contributed by atoms with van der Waals surface area (Å²) >= 11 is 0. The normalized spacial score (nSPS) is 19.6. The number of aromatic nitrogens is 2. The Hall–Kier alpha value is -2.45. The molecular formula is C17H19N3O5. The molecule has 1 aromatic carbocycles. The van der Waals surface area contributed by atoms with Gasteiger partial charge in [-0.25, -0.2) is 0 Å². The van der Waals surface area contributed by atoms with Crippen molar-refractivity contribution in [3.8, 4) is 0 Å². The first-order valence-electron chi connectivity index (χ1n) is 8.36. The predicted molar refractivity (Wildman–Crippen MR) is 89.3 cm³/mol. The van der Waals surface area contributed by atoms with E-state index in [2.05, 4.69) is 4.98 Å². The van der Waals surface area contributed by atoms with Gasteiger partial charge < -0.3 is 19.4 Å². The van der Waals surface area contributed by atoms with Gasteiger partial charge in [0.05, 0.1) is 24.2 Å². The first-order chi connectivity index (χ1) is 12.1. The molecule has 1 N–H and O–H groups in total. The summed E-state index contributed by atoms with van der Waals surface area (Å²) in [6.45, 7) is 2.03. The van der Waals surface area contributed by atoms with E-state index in [1.165, 1.54) is 4.57 Å². The van der Waals surface area contributed by atoms with Crippen molar-refractivity contribution in [3.05, 3.63) is 45.0 Å². The molecule has 0 saturated carbocycles. The lowest BCUT2D eigenvalue weighted by Gasteiger charge is -2.37. The summed E-state index contributed by atoms with van der Waals surface area (Å²) in [7, 11) is 0. The number of para-hydroxylation sites is 2. The van der Waals surface area contributed by atoms with Crippen molar-refractivity contribution in [3.63, 3.8) is 0 Å². The first kappa shape index (κ1) is 16.0. The summed E-state index contributed by atoms with van der Waals surface area (Å²) < 4.78 is 12.6. The number of carbonyl (C=O) groups is 1. The van der Waals surface area contributed by atoms with Crippen LogP contribution < -0.4 is 11.1 Å². The average Bonchev–Trinajstić information content (AvgIpc) is 3.07. The lowest BCUT2D eigenvalue weighted by molar-refractivity contribution is -0.187. The van der Waals surface area contributed by atoms with Crippen LogP contribution in [0.4, 0.5) is 0 Å². The molecular weight excluding hydrogens is 326 g/mol. The molecule has 0 radical (unpaired) electrons. The number of aromatic amines is 1. The quantitative estimate of drug-likeness (QED) is 0.777. The molecule has 3 heterocycles. The van der Waals surface area contributed by atoms with Crippen LogP contribution in [0.2, 0.25) is 0 Å². The summed E-state index contributed by atoms with van der Waals surface area (Å²) in [6, 6.07) is 6.95. The summed E-state index contributed by atoms with van der Waals surface area (Å²) in [5.41, 5.74) is -0.374. The molecule has 8 heteroatoms. The van der Waals surface area contributed by atoms with E-state index in [4.69, 9.17) is 9.47 Å². The number of amides is 1. The van der Waals surface area contributed by atoms with Crippen LogP contribution in [0.25, 0.3) is 11.0 Å². The Kier molecular flexibility index (Phi) is 3.93. The second-order valence-corrected chi connectivity index (χ2v) is 6.35. The largest absolute Gasteiger partial charge is 0.347 e. The molecule has 1 spiro atoms. The van der Waals surface area contributed by atoms with Crippen molar-refractivity contribution in [1.29, 1.82) is 0 Å². The number of piperidine rings is 1. The summed E-state index contributed by atoms with van der Waals surface area (Å²) in [5.74, 6) is -0.741. The maximum absolute atomic E-state index is 12.7. The summed E-state index contributed by atoms with van der Waals surface area (Å²) in [6.07, 6.45) is 1.23. The second-order valence-electron chi connectivity index (χ2n) is 6.35. The maximum Gasteiger partial charge on any atom is 0.317 e. The van der Waals surface area contributed by atoms with E-state index in [0.717, 1.165) is 0 Å². The average molecular weight is 345 g/mol. The van der Waals surface area contributed by atoms with Gasteiger partial charge >= 0.3 is 11.1 Å². The van der Waals surface area contributed by atoms with E-state index in [1.54, 1.807) is 29.2 Å². The minimum atomic E-state index is -0.725. The number of hydrogen-bond donors (Lipinski definition) is 1. The van der Waals surface area contributed by atoms with Crippen molar-refractivity contribution < 1.29 is 14.3 Å². The van der Waals surface area contributed by atoms with Crippen molar-refractivity contribution >= 4 is 16.9 Å². The predicted octanol–water partition coefficient (Wildman–Crippen LogP) is 0.0553. The highest BCUT2D eigenvalue weighted by Crippen LogP contribution is 2.31. The Bertz CT molecular complexity index is 916. The third kappa shape index (κ3) is 2.87. The van der Waals surface area contributed by atoms with Crippen molar-refractivity contribution in [2.75, 3.05) is 26.3 Å². The Labute approximate surface area is 143 Å². The van der Waals surface area contributed by atoms with Gasteiger partial charge in [0.25, 0.3) is 0 Å². The number of ether oxygens (including phenoxy) is 2. The number of nitrogens with one attached hydrogen (secondary N) is 1. The van der Waals surface area contributed by atoms with E-state index in [9.17, 15) is 14.4 Å². The smallest absolute Gasteiger partial charge is 0.317 e. The summed E-state index contributed by atoms with van der Waals surface area (Å²) in [4.78, 5) is 40.9. The van der Waals surface area contributed by atoms with Gasteiger partial charge in [0, 0.05) is 25.9 Å². The molecule has 4 rings (SSSR count). The third-order valence-corrected chi connectivity index (χ3v) is 4.87. The zero-order chi connectivity index (χ0) is 17.4. The molecule has 1 amide bonds. The number of likely N-dealkylation sites (tertiary alicyclic amines) is 1. The molecule has 25 heavy (non-hydrogen) atoms. The fourth-order valence-corrected chi connectivity index (χ4v) is 3.50. The van der Waals surface area contributed by atoms with Crippen LogP contribution in [0.5, 0.6) is 0 Å². The van der Waals surface area contributed by atoms with Crippen LogP contribution in [-0.4, -0.2) is 52.4 Å². The number of fused-ring (bicyclic) bond motifs is 1. The van der Waals surface area contributed by atoms with Gasteiger partial charge in [-0.05, 0) is 12.1 Å². The van der Waals surface area contributed by atoms with Crippen molar-refractivity contribution in [2.45, 2.75) is 25.2 Å². The second kappa shape index (κ2) is 6.12. The Morgan fingerprint density at radius 1 is 1.12 bits per heavy atom. The van der Waals surface area contributed by atoms with Crippen LogP contribution >= 0.6 is 0 Å². The number of rotatable bonds is 2. The Balaban J connectivity index is 1.56. The standard InChI is InChI=1S/C17H19N3O5/c21-14(19-7-5-17(6-8-19)24-9-10-25-17)11-20-13-4-2-1-3-12(13)18-15(22)16(20)23/h1-4H,5-11H2,(H,18,22). The Morgan fingerprint density at radius 3 is 2.52 bits per heavy atom. The number of hydrogen-bond acceptors (Lipinski definition) is 5. The lowest BCUT2D eigenvalue weighted by atomic mass is 10.0. The minimum Gasteiger partial charge on any atom is -0.347 e. The van der Waals surface area contributed by atoms with Gasteiger partial charge in [-0.2, -0.15) is 0 Å². The number of nitrogens with zero attached hydrogens (tertiary/aromatic N) is 2. The van der Waals surface area contributed by atoms with Gasteiger partial charge in [0.1, 0.15) is 6.54 Å². The monoisotopic (exact) mass is 345 g/mol. The van der Waals surface area contributed by atoms with Crippen LogP contribution in [0.1, 0.15) is 12.8 Å². The number of H-pyrrole nitrogens is 1. The minimum absolute atomic E-state index is 0.155. The van der Waals surface area contributed by atoms with Crippen LogP contribution in [-0.2, 0) is 20.8 Å². The van der Waals surface area contributed by atoms with Crippen LogP contribution in [0.15, 0.2) is 33.9 Å². The SMILES string of the molecule is O=C(Cn1c(=O)c(=O)[nH]c2ccccc21)N1CCC2(CC1)OCCO2. The molecule has 0 bridgehead atoms. The van der Waals surface area contributed by atoms with Gasteiger partial charge in [0.15, 0.2) is 5.79 Å². The van der Waals surface area contributed by atoms with Gasteiger partial charge in [-0.15, -0.1) is 0 Å². The topological polar surface area (TPSA) is 93.6 Å². The number of carbonyl (C=O) groups excluding carboxylic acids is 1. The lowest BCUT2D eigenvalue weighted by Crippen LogP contribution is -2.49. The zero-order valence-electron chi connectivity index (χ0n) is 13.7. The molecule has 2 aliphatic rings. The van der Waals surface area contributed by atoms with Crippen molar-refractivity contribution in [2.24, 2.45) is 0 Å². The molecule has 8 nitrogen and oxygen atoms in total. The highest BCUT2D eigenvalue weighted by Gasteiger charge is 2.40. The van der Waals surface area contributed by atoms with Crippen LogP contribution in [0, 0.1) is 0 Å². The molecule has 2 aromatic rings. The Morgan fingerprint density at radius 2 is 1.80 bits per heavy atom. The van der Waals surface area contributed by atoms with E-state index in [-0.39, 0.29) is 12.5 Å². The van der Waals surface area contributed by atoms with E-state index >= 15 is 0 Å². The van der Waals surface area contributed by atoms with E-state index in [1.807, 2.05) is 0 Å². The maximum atomic E-state index is 12.7. The van der Waals surface area contributed by atoms with Gasteiger partial charge in [0.2, 0.25) is 5.91 Å². The molecule has 0 aliphatic carbocycles. The summed E-state index contributed by atoms with van der Waals surface area (Å²) in [5, 5.41) is 0. The fourth-order valence-electron chi connectivity index (χ4n) is 3.50. The molecule has 132 valence electrons.